The van der Waals surface area contributed by atoms with Crippen molar-refractivity contribution in [1.82, 2.24) is 0 Å². The van der Waals surface area contributed by atoms with Gasteiger partial charge in [-0.1, -0.05) is 27.7 Å². The van der Waals surface area contributed by atoms with Crippen molar-refractivity contribution in [2.45, 2.75) is 27.7 Å². The summed E-state index contributed by atoms with van der Waals surface area (Å²) in [5.74, 6) is 0.394. The third kappa shape index (κ3) is 17.1. The molecule has 1 radical (unpaired) electrons. The quantitative estimate of drug-likeness (QED) is 0.699. The van der Waals surface area contributed by atoms with Gasteiger partial charge >= 0.3 is 0 Å². The monoisotopic (exact) mass is 335 g/mol. The molecule has 0 fully saturated rings. The van der Waals surface area contributed by atoms with Crippen LogP contribution in [0.4, 0.5) is 0 Å². The van der Waals surface area contributed by atoms with E-state index in [1.54, 1.807) is 48.5 Å². The predicted molar refractivity (Wildman–Crippen MR) is 76.6 cm³/mol. The molecule has 0 aliphatic rings. The van der Waals surface area contributed by atoms with Crippen LogP contribution in [-0.4, -0.2) is 10.2 Å². The minimum absolute atomic E-state index is 0. The first-order valence-corrected chi connectivity index (χ1v) is 6.10. The molecular formula is C16H22O2Y-2. The second kappa shape index (κ2) is 19.5. The van der Waals surface area contributed by atoms with Crippen molar-refractivity contribution in [3.8, 4) is 11.5 Å². The SMILES string of the molecule is CC.CC.Oc1[c-]cccc1.Oc1[c-]cccc1.[Y]. The third-order valence-electron chi connectivity index (χ3n) is 1.39. The molecule has 103 valence electrons. The number of aromatic hydroxyl groups is 2. The Hall–Kier alpha value is -0.856. The summed E-state index contributed by atoms with van der Waals surface area (Å²) < 4.78 is 0. The molecule has 0 amide bonds. The third-order valence-corrected chi connectivity index (χ3v) is 1.39. The zero-order chi connectivity index (χ0) is 14.2. The summed E-state index contributed by atoms with van der Waals surface area (Å²) in [4.78, 5) is 0. The van der Waals surface area contributed by atoms with Crippen LogP contribution in [-0.2, 0) is 32.7 Å². The van der Waals surface area contributed by atoms with E-state index in [4.69, 9.17) is 10.2 Å². The first kappa shape index (κ1) is 23.3. The van der Waals surface area contributed by atoms with Gasteiger partial charge in [0.25, 0.3) is 0 Å². The summed E-state index contributed by atoms with van der Waals surface area (Å²) in [5.41, 5.74) is 0. The Kier molecular flexibility index (Phi) is 23.8. The molecule has 0 spiro atoms. The molecule has 0 saturated heterocycles. The zero-order valence-corrected chi connectivity index (χ0v) is 14.9. The summed E-state index contributed by atoms with van der Waals surface area (Å²) >= 11 is 0. The molecule has 0 bridgehead atoms. The van der Waals surface area contributed by atoms with Gasteiger partial charge in [-0.25, -0.2) is 0 Å². The van der Waals surface area contributed by atoms with Crippen LogP contribution in [0.25, 0.3) is 0 Å². The number of para-hydroxylation sites is 2. The number of hydrogen-bond acceptors (Lipinski definition) is 2. The molecule has 0 aliphatic heterocycles. The van der Waals surface area contributed by atoms with Crippen molar-refractivity contribution in [3.63, 3.8) is 0 Å². The van der Waals surface area contributed by atoms with Gasteiger partial charge in [0, 0.05) is 44.2 Å². The Morgan fingerprint density at radius 3 is 1.11 bits per heavy atom. The molecule has 0 aromatic heterocycles. The van der Waals surface area contributed by atoms with Crippen molar-refractivity contribution >= 4 is 0 Å². The molecule has 2 N–H and O–H groups in total. The molecular weight excluding hydrogens is 313 g/mol. The van der Waals surface area contributed by atoms with Crippen LogP contribution in [0.15, 0.2) is 48.5 Å². The molecule has 0 aliphatic carbocycles. The molecule has 2 aromatic carbocycles. The van der Waals surface area contributed by atoms with Gasteiger partial charge in [-0.05, 0) is 0 Å². The first-order valence-electron chi connectivity index (χ1n) is 6.10. The summed E-state index contributed by atoms with van der Waals surface area (Å²) in [6.45, 7) is 8.00. The summed E-state index contributed by atoms with van der Waals surface area (Å²) in [6.07, 6.45) is 0. The summed E-state index contributed by atoms with van der Waals surface area (Å²) in [6, 6.07) is 18.8. The van der Waals surface area contributed by atoms with E-state index in [-0.39, 0.29) is 44.2 Å². The summed E-state index contributed by atoms with van der Waals surface area (Å²) in [5, 5.41) is 17.2. The van der Waals surface area contributed by atoms with Gasteiger partial charge in [-0.15, -0.1) is 24.3 Å². The minimum Gasteiger partial charge on any atom is -0.534 e. The Balaban J connectivity index is -0.000000205. The topological polar surface area (TPSA) is 40.5 Å². The second-order valence-corrected chi connectivity index (χ2v) is 2.50. The normalized spacial score (nSPS) is 6.95. The van der Waals surface area contributed by atoms with Crippen LogP contribution in [0, 0.1) is 12.1 Å². The Morgan fingerprint density at radius 1 is 0.684 bits per heavy atom. The van der Waals surface area contributed by atoms with Crippen molar-refractivity contribution in [2.75, 3.05) is 0 Å². The maximum atomic E-state index is 8.58. The van der Waals surface area contributed by atoms with E-state index in [0.29, 0.717) is 0 Å². The molecule has 2 nitrogen and oxygen atoms in total. The van der Waals surface area contributed by atoms with E-state index in [1.807, 2.05) is 27.7 Å². The molecule has 0 atom stereocenters. The van der Waals surface area contributed by atoms with Crippen LogP contribution < -0.4 is 0 Å². The number of phenolic OH excluding ortho intramolecular Hbond substituents is 2. The summed E-state index contributed by atoms with van der Waals surface area (Å²) in [7, 11) is 0. The van der Waals surface area contributed by atoms with Crippen molar-refractivity contribution in [3.05, 3.63) is 60.7 Å². The van der Waals surface area contributed by atoms with E-state index < -0.39 is 0 Å². The van der Waals surface area contributed by atoms with Crippen molar-refractivity contribution < 1.29 is 42.9 Å². The average molecular weight is 335 g/mol. The van der Waals surface area contributed by atoms with Crippen molar-refractivity contribution in [2.24, 2.45) is 0 Å². The maximum absolute atomic E-state index is 8.58. The number of phenols is 2. The van der Waals surface area contributed by atoms with Crippen LogP contribution in [0.5, 0.6) is 11.5 Å². The van der Waals surface area contributed by atoms with Crippen LogP contribution in [0.2, 0.25) is 0 Å². The van der Waals surface area contributed by atoms with Gasteiger partial charge in [0.05, 0.1) is 0 Å². The molecule has 2 rings (SSSR count). The zero-order valence-electron chi connectivity index (χ0n) is 12.1. The van der Waals surface area contributed by atoms with Gasteiger partial charge < -0.3 is 10.2 Å². The molecule has 2 aromatic rings. The largest absolute Gasteiger partial charge is 0.534 e. The van der Waals surface area contributed by atoms with E-state index in [0.717, 1.165) is 0 Å². The van der Waals surface area contributed by atoms with E-state index in [1.165, 1.54) is 0 Å². The van der Waals surface area contributed by atoms with E-state index in [9.17, 15) is 0 Å². The van der Waals surface area contributed by atoms with Crippen LogP contribution in [0.1, 0.15) is 27.7 Å². The fourth-order valence-electron chi connectivity index (χ4n) is 0.768. The van der Waals surface area contributed by atoms with Gasteiger partial charge in [-0.3, -0.25) is 0 Å². The van der Waals surface area contributed by atoms with Gasteiger partial charge in [-0.2, -0.15) is 36.4 Å². The van der Waals surface area contributed by atoms with Crippen LogP contribution in [0.3, 0.4) is 0 Å². The minimum atomic E-state index is 0. The van der Waals surface area contributed by atoms with E-state index >= 15 is 0 Å². The number of benzene rings is 2. The van der Waals surface area contributed by atoms with Crippen LogP contribution >= 0.6 is 0 Å². The fraction of sp³-hybridized carbons (Fsp3) is 0.250. The van der Waals surface area contributed by atoms with Gasteiger partial charge in [0.15, 0.2) is 0 Å². The molecule has 19 heavy (non-hydrogen) atoms. The molecule has 0 unspecified atom stereocenters. The van der Waals surface area contributed by atoms with Gasteiger partial charge in [0.2, 0.25) is 0 Å². The molecule has 3 heteroatoms. The number of rotatable bonds is 0. The molecule has 0 heterocycles. The van der Waals surface area contributed by atoms with Gasteiger partial charge in [0.1, 0.15) is 0 Å². The number of hydrogen-bond donors (Lipinski definition) is 2. The Bertz CT molecular complexity index is 312. The predicted octanol–water partition coefficient (Wildman–Crippen LogP) is 4.43. The smallest absolute Gasteiger partial charge is 0.00397 e. The first-order chi connectivity index (χ1) is 8.79. The average Bonchev–Trinajstić information content (AvgIpc) is 2.46. The second-order valence-electron chi connectivity index (χ2n) is 2.50. The van der Waals surface area contributed by atoms with E-state index in [2.05, 4.69) is 12.1 Å². The standard InChI is InChI=1S/2C6H5O.2C2H6.Y/c2*7-6-4-2-1-3-5-6;2*1-2;/h2*1-4,7H;2*1-2H3;/q2*-1;;;. The Morgan fingerprint density at radius 2 is 1.00 bits per heavy atom. The maximum Gasteiger partial charge on any atom is 0.00397 e. The molecule has 0 saturated carbocycles. The Labute approximate surface area is 142 Å². The fourth-order valence-corrected chi connectivity index (χ4v) is 0.768. The van der Waals surface area contributed by atoms with Crippen molar-refractivity contribution in [1.29, 1.82) is 0 Å².